The third-order valence-corrected chi connectivity index (χ3v) is 4.17. The molecule has 0 aliphatic rings. The molecule has 0 aliphatic carbocycles. The molecule has 0 fully saturated rings. The first kappa shape index (κ1) is 33.7. The van der Waals surface area contributed by atoms with E-state index in [0.29, 0.717) is 25.2 Å². The Morgan fingerprint density at radius 2 is 0.900 bits per heavy atom. The molecule has 0 spiro atoms. The zero-order valence-corrected chi connectivity index (χ0v) is 20.7. The molecule has 0 aromatic carbocycles. The maximum absolute atomic E-state index is 8.58. The fraction of sp³-hybridized carbons (Fsp3) is 0.769. The predicted octanol–water partition coefficient (Wildman–Crippen LogP) is 6.89. The lowest BCUT2D eigenvalue weighted by Gasteiger charge is -2.13. The van der Waals surface area contributed by atoms with Crippen molar-refractivity contribution in [2.24, 2.45) is 0 Å². The minimum absolute atomic E-state index is 0.160. The van der Waals surface area contributed by atoms with Crippen LogP contribution in [0.1, 0.15) is 86.0 Å². The highest BCUT2D eigenvalue weighted by molar-refractivity contribution is 4.74. The molecule has 0 heterocycles. The van der Waals surface area contributed by atoms with Crippen molar-refractivity contribution in [3.05, 3.63) is 38.0 Å². The second-order valence-corrected chi connectivity index (χ2v) is 6.89. The Bertz CT molecular complexity index is 274. The quantitative estimate of drug-likeness (QED) is 0.242. The van der Waals surface area contributed by atoms with Gasteiger partial charge in [-0.2, -0.15) is 0 Å². The van der Waals surface area contributed by atoms with Crippen LogP contribution in [0.15, 0.2) is 38.0 Å². The Balaban J connectivity index is -0.000000364. The van der Waals surface area contributed by atoms with E-state index in [1.807, 2.05) is 39.0 Å². The molecule has 0 saturated heterocycles. The first-order valence-electron chi connectivity index (χ1n) is 11.8. The van der Waals surface area contributed by atoms with Crippen molar-refractivity contribution in [1.82, 2.24) is 0 Å². The number of rotatable bonds is 18. The van der Waals surface area contributed by atoms with E-state index in [1.54, 1.807) is 0 Å². The molecule has 0 radical (unpaired) electrons. The highest BCUT2D eigenvalue weighted by atomic mass is 16.5. The topological polar surface area (TPSA) is 47.9 Å². The first-order chi connectivity index (χ1) is 14.5. The summed E-state index contributed by atoms with van der Waals surface area (Å²) in [5.41, 5.74) is 0. The average molecular weight is 429 g/mol. The van der Waals surface area contributed by atoms with Gasteiger partial charge < -0.3 is 19.3 Å². The summed E-state index contributed by atoms with van der Waals surface area (Å²) in [6.07, 6.45) is 14.9. The maximum Gasteiger partial charge on any atom is 0.0631 e. The van der Waals surface area contributed by atoms with Crippen molar-refractivity contribution in [2.75, 3.05) is 26.4 Å². The van der Waals surface area contributed by atoms with Gasteiger partial charge in [0, 0.05) is 26.4 Å². The molecule has 0 saturated carbocycles. The Kier molecular flexibility index (Phi) is 34.0. The molecular weight excluding hydrogens is 376 g/mol. The molecule has 180 valence electrons. The van der Waals surface area contributed by atoms with Crippen molar-refractivity contribution in [2.45, 2.75) is 104 Å². The van der Waals surface area contributed by atoms with E-state index >= 15 is 0 Å². The molecule has 0 amide bonds. The van der Waals surface area contributed by atoms with Crippen molar-refractivity contribution in [1.29, 1.82) is 0 Å². The van der Waals surface area contributed by atoms with Gasteiger partial charge in [0.1, 0.15) is 0 Å². The number of aliphatic hydroxyl groups excluding tert-OH is 1. The van der Waals surface area contributed by atoms with Gasteiger partial charge in [-0.15, -0.1) is 19.7 Å². The lowest BCUT2D eigenvalue weighted by Crippen LogP contribution is -2.13. The first-order valence-corrected chi connectivity index (χ1v) is 11.8. The summed E-state index contributed by atoms with van der Waals surface area (Å²) in [7, 11) is 0. The van der Waals surface area contributed by atoms with Gasteiger partial charge >= 0.3 is 0 Å². The van der Waals surface area contributed by atoms with Crippen molar-refractivity contribution in [3.63, 3.8) is 0 Å². The van der Waals surface area contributed by atoms with Gasteiger partial charge in [-0.1, -0.05) is 44.9 Å². The van der Waals surface area contributed by atoms with Crippen molar-refractivity contribution >= 4 is 0 Å². The summed E-state index contributed by atoms with van der Waals surface area (Å²) in [5.74, 6) is 0. The Morgan fingerprint density at radius 1 is 0.600 bits per heavy atom. The van der Waals surface area contributed by atoms with E-state index in [1.165, 1.54) is 12.8 Å². The summed E-state index contributed by atoms with van der Waals surface area (Å²) >= 11 is 0. The zero-order chi connectivity index (χ0) is 23.5. The highest BCUT2D eigenvalue weighted by Gasteiger charge is 2.04. The van der Waals surface area contributed by atoms with Gasteiger partial charge in [0.15, 0.2) is 0 Å². The van der Waals surface area contributed by atoms with Gasteiger partial charge in [-0.3, -0.25) is 0 Å². The Morgan fingerprint density at radius 3 is 1.10 bits per heavy atom. The highest BCUT2D eigenvalue weighted by Crippen LogP contribution is 2.07. The van der Waals surface area contributed by atoms with Crippen LogP contribution in [-0.2, 0) is 14.2 Å². The molecule has 3 atom stereocenters. The third-order valence-electron chi connectivity index (χ3n) is 4.17. The molecule has 0 aromatic heterocycles. The second-order valence-electron chi connectivity index (χ2n) is 6.89. The second kappa shape index (κ2) is 30.3. The number of aliphatic hydroxyl groups is 1. The van der Waals surface area contributed by atoms with Gasteiger partial charge in [0.25, 0.3) is 0 Å². The number of hydrogen-bond donors (Lipinski definition) is 1. The van der Waals surface area contributed by atoms with Crippen LogP contribution in [0, 0.1) is 0 Å². The molecular formula is C26H52O4. The Hall–Kier alpha value is -0.940. The van der Waals surface area contributed by atoms with Gasteiger partial charge in [-0.25, -0.2) is 0 Å². The van der Waals surface area contributed by atoms with E-state index in [0.717, 1.165) is 45.3 Å². The summed E-state index contributed by atoms with van der Waals surface area (Å²) in [6, 6.07) is 0. The lowest BCUT2D eigenvalue weighted by molar-refractivity contribution is 0.0462. The summed E-state index contributed by atoms with van der Waals surface area (Å²) in [6.45, 7) is 23.9. The minimum atomic E-state index is 0.160. The largest absolute Gasteiger partial charge is 0.396 e. The summed E-state index contributed by atoms with van der Waals surface area (Å²) < 4.78 is 16.2. The van der Waals surface area contributed by atoms with Crippen molar-refractivity contribution in [3.8, 4) is 0 Å². The van der Waals surface area contributed by atoms with Crippen LogP contribution in [-0.4, -0.2) is 49.8 Å². The standard InChI is InChI=1S/2C9H18O.C8H16O2/c2*1-4-7-9(8-5-2)10-6-3;1-3-5-8(6-7-9)10-4-2/h2*4,9H,1,5-8H2,2-3H3;3,8-9H,1,4-7H2,2H3. The molecule has 0 aromatic rings. The van der Waals surface area contributed by atoms with E-state index in [9.17, 15) is 0 Å². The van der Waals surface area contributed by atoms with Gasteiger partial charge in [-0.05, 0) is 59.3 Å². The Labute approximate surface area is 188 Å². The predicted molar refractivity (Wildman–Crippen MR) is 132 cm³/mol. The molecule has 3 unspecified atom stereocenters. The fourth-order valence-electron chi connectivity index (χ4n) is 2.86. The summed E-state index contributed by atoms with van der Waals surface area (Å²) in [4.78, 5) is 0. The van der Waals surface area contributed by atoms with Crippen LogP contribution >= 0.6 is 0 Å². The van der Waals surface area contributed by atoms with E-state index < -0.39 is 0 Å². The van der Waals surface area contributed by atoms with Crippen molar-refractivity contribution < 1.29 is 19.3 Å². The van der Waals surface area contributed by atoms with Crippen LogP contribution in [0.5, 0.6) is 0 Å². The van der Waals surface area contributed by atoms with E-state index in [2.05, 4.69) is 33.6 Å². The van der Waals surface area contributed by atoms with Crippen LogP contribution in [0.4, 0.5) is 0 Å². The third kappa shape index (κ3) is 27.1. The van der Waals surface area contributed by atoms with Crippen LogP contribution in [0.3, 0.4) is 0 Å². The molecule has 1 N–H and O–H groups in total. The summed E-state index contributed by atoms with van der Waals surface area (Å²) in [5, 5.41) is 8.58. The maximum atomic E-state index is 8.58. The smallest absolute Gasteiger partial charge is 0.0631 e. The number of ether oxygens (including phenoxy) is 3. The monoisotopic (exact) mass is 428 g/mol. The lowest BCUT2D eigenvalue weighted by atomic mass is 10.1. The van der Waals surface area contributed by atoms with Crippen LogP contribution in [0.2, 0.25) is 0 Å². The fourth-order valence-corrected chi connectivity index (χ4v) is 2.86. The normalized spacial score (nSPS) is 13.0. The van der Waals surface area contributed by atoms with Crippen LogP contribution in [0.25, 0.3) is 0 Å². The molecule has 0 aliphatic heterocycles. The molecule has 30 heavy (non-hydrogen) atoms. The van der Waals surface area contributed by atoms with E-state index in [4.69, 9.17) is 19.3 Å². The van der Waals surface area contributed by atoms with Gasteiger partial charge in [0.05, 0.1) is 18.3 Å². The average Bonchev–Trinajstić information content (AvgIpc) is 2.71. The zero-order valence-electron chi connectivity index (χ0n) is 20.7. The minimum Gasteiger partial charge on any atom is -0.396 e. The molecule has 0 rings (SSSR count). The number of hydrogen-bond acceptors (Lipinski definition) is 4. The molecule has 4 heteroatoms. The van der Waals surface area contributed by atoms with Crippen LogP contribution < -0.4 is 0 Å². The molecule has 0 bridgehead atoms. The van der Waals surface area contributed by atoms with Gasteiger partial charge in [0.2, 0.25) is 0 Å². The van der Waals surface area contributed by atoms with E-state index in [-0.39, 0.29) is 12.7 Å². The molecule has 4 nitrogen and oxygen atoms in total. The SMILES string of the molecule is C=CCC(CCC)OCC.C=CCC(CCC)OCC.C=CCC(CCO)OCC.